The van der Waals surface area contributed by atoms with E-state index in [0.717, 1.165) is 61.8 Å². The van der Waals surface area contributed by atoms with Crippen LogP contribution < -0.4 is 20.9 Å². The lowest BCUT2D eigenvalue weighted by Gasteiger charge is -2.26. The predicted molar refractivity (Wildman–Crippen MR) is 134 cm³/mol. The van der Waals surface area contributed by atoms with Gasteiger partial charge in [0.1, 0.15) is 0 Å². The molecule has 0 bridgehead atoms. The summed E-state index contributed by atoms with van der Waals surface area (Å²) in [6.07, 6.45) is 0.874. The van der Waals surface area contributed by atoms with Gasteiger partial charge in [0.25, 0.3) is 5.91 Å². The second-order valence-electron chi connectivity index (χ2n) is 8.52. The third kappa shape index (κ3) is 6.94. The number of hydrogen-bond donors (Lipinski definition) is 3. The van der Waals surface area contributed by atoms with Gasteiger partial charge in [0.05, 0.1) is 18.8 Å². The van der Waals surface area contributed by atoms with Crippen molar-refractivity contribution in [3.05, 3.63) is 53.1 Å². The first-order valence-corrected chi connectivity index (χ1v) is 11.4. The first-order chi connectivity index (χ1) is 15.8. The Kier molecular flexibility index (Phi) is 8.68. The van der Waals surface area contributed by atoms with E-state index in [2.05, 4.69) is 20.9 Å². The van der Waals surface area contributed by atoms with Crippen LogP contribution in [0.3, 0.4) is 0 Å². The number of carbonyl (C=O) groups excluding carboxylic acids is 2. The van der Waals surface area contributed by atoms with Crippen LogP contribution in [0.1, 0.15) is 27.9 Å². The topological polar surface area (TPSA) is 85.9 Å². The largest absolute Gasteiger partial charge is 0.379 e. The summed E-state index contributed by atoms with van der Waals surface area (Å²) in [6, 6.07) is 10.8. The highest BCUT2D eigenvalue weighted by molar-refractivity contribution is 6.04. The van der Waals surface area contributed by atoms with Gasteiger partial charge < -0.3 is 25.6 Å². The highest BCUT2D eigenvalue weighted by Gasteiger charge is 2.16. The van der Waals surface area contributed by atoms with Gasteiger partial charge in [-0.15, -0.1) is 0 Å². The van der Waals surface area contributed by atoms with Crippen LogP contribution >= 0.6 is 0 Å². The Morgan fingerprint density at radius 2 is 1.82 bits per heavy atom. The molecule has 178 valence electrons. The van der Waals surface area contributed by atoms with E-state index < -0.39 is 0 Å². The van der Waals surface area contributed by atoms with Crippen molar-refractivity contribution in [1.82, 2.24) is 10.2 Å². The van der Waals surface area contributed by atoms with Crippen molar-refractivity contribution in [3.63, 3.8) is 0 Å². The third-order valence-electron chi connectivity index (χ3n) is 5.87. The molecule has 2 aromatic carbocycles. The summed E-state index contributed by atoms with van der Waals surface area (Å²) in [5, 5.41) is 8.74. The van der Waals surface area contributed by atoms with Crippen molar-refractivity contribution in [3.8, 4) is 0 Å². The number of benzene rings is 2. The van der Waals surface area contributed by atoms with E-state index >= 15 is 0 Å². The summed E-state index contributed by atoms with van der Waals surface area (Å²) >= 11 is 0. The number of nitrogens with zero attached hydrogens (tertiary/aromatic N) is 2. The summed E-state index contributed by atoms with van der Waals surface area (Å²) in [4.78, 5) is 29.7. The van der Waals surface area contributed by atoms with E-state index in [-0.39, 0.29) is 11.9 Å². The molecular weight excluding hydrogens is 418 g/mol. The van der Waals surface area contributed by atoms with Gasteiger partial charge in [0, 0.05) is 50.8 Å². The molecule has 0 saturated carbocycles. The van der Waals surface area contributed by atoms with E-state index in [1.165, 1.54) is 0 Å². The van der Waals surface area contributed by atoms with Crippen LogP contribution in [0.15, 0.2) is 36.4 Å². The Balaban J connectivity index is 1.61. The second kappa shape index (κ2) is 11.7. The van der Waals surface area contributed by atoms with Gasteiger partial charge in [-0.1, -0.05) is 12.1 Å². The van der Waals surface area contributed by atoms with E-state index in [1.54, 1.807) is 12.1 Å². The number of carbonyl (C=O) groups is 2. The van der Waals surface area contributed by atoms with Gasteiger partial charge in [0.15, 0.2) is 0 Å². The Morgan fingerprint density at radius 3 is 2.55 bits per heavy atom. The normalized spacial score (nSPS) is 13.9. The fourth-order valence-corrected chi connectivity index (χ4v) is 3.78. The van der Waals surface area contributed by atoms with Gasteiger partial charge in [-0.2, -0.15) is 0 Å². The average Bonchev–Trinajstić information content (AvgIpc) is 2.80. The van der Waals surface area contributed by atoms with Crippen LogP contribution in [0, 0.1) is 13.8 Å². The molecule has 3 N–H and O–H groups in total. The quantitative estimate of drug-likeness (QED) is 0.533. The molecule has 8 nitrogen and oxygen atoms in total. The molecule has 1 fully saturated rings. The number of aryl methyl sites for hydroxylation is 1. The molecule has 2 aromatic rings. The van der Waals surface area contributed by atoms with Gasteiger partial charge in [0.2, 0.25) is 0 Å². The zero-order valence-electron chi connectivity index (χ0n) is 20.0. The van der Waals surface area contributed by atoms with Crippen LogP contribution in [-0.2, 0) is 4.74 Å². The Bertz CT molecular complexity index is 971. The van der Waals surface area contributed by atoms with E-state index in [9.17, 15) is 9.59 Å². The van der Waals surface area contributed by atoms with Crippen molar-refractivity contribution in [2.24, 2.45) is 0 Å². The molecule has 33 heavy (non-hydrogen) atoms. The number of nitrogens with one attached hydrogen (secondary N) is 3. The van der Waals surface area contributed by atoms with Crippen molar-refractivity contribution in [2.45, 2.75) is 20.3 Å². The van der Waals surface area contributed by atoms with Crippen molar-refractivity contribution < 1.29 is 14.3 Å². The van der Waals surface area contributed by atoms with Crippen LogP contribution in [0.2, 0.25) is 0 Å². The smallest absolute Gasteiger partial charge is 0.323 e. The lowest BCUT2D eigenvalue weighted by molar-refractivity contribution is 0.0374. The molecule has 0 spiro atoms. The molecule has 0 unspecified atom stereocenters. The molecule has 0 radical (unpaired) electrons. The molecule has 1 heterocycles. The van der Waals surface area contributed by atoms with Crippen LogP contribution in [0.4, 0.5) is 21.9 Å². The molecule has 0 aromatic heterocycles. The van der Waals surface area contributed by atoms with Crippen molar-refractivity contribution in [2.75, 3.05) is 69.0 Å². The molecular formula is C25H35N5O3. The van der Waals surface area contributed by atoms with Crippen molar-refractivity contribution >= 4 is 29.0 Å². The van der Waals surface area contributed by atoms with Gasteiger partial charge >= 0.3 is 6.03 Å². The first kappa shape index (κ1) is 24.5. The lowest BCUT2D eigenvalue weighted by Crippen LogP contribution is -2.38. The molecule has 1 saturated heterocycles. The number of rotatable bonds is 8. The number of morpholine rings is 1. The average molecular weight is 454 g/mol. The summed E-state index contributed by atoms with van der Waals surface area (Å²) in [5.41, 5.74) is 4.76. The number of amides is 3. The van der Waals surface area contributed by atoms with E-state index in [0.29, 0.717) is 17.8 Å². The SMILES string of the molecule is Cc1cccc(NC(=O)Nc2ccc(N(C)C)c(C(=O)NCCCN3CCOCC3)c2)c1C. The highest BCUT2D eigenvalue weighted by atomic mass is 16.5. The third-order valence-corrected chi connectivity index (χ3v) is 5.87. The van der Waals surface area contributed by atoms with E-state index in [4.69, 9.17) is 4.74 Å². The standard InChI is InChI=1S/C25H35N5O3/c1-18-7-5-8-22(19(18)2)28-25(32)27-20-9-10-23(29(3)4)21(17-20)24(31)26-11-6-12-30-13-15-33-16-14-30/h5,7-10,17H,6,11-16H2,1-4H3,(H,26,31)(H2,27,28,32). The number of anilines is 3. The second-order valence-corrected chi connectivity index (χ2v) is 8.52. The van der Waals surface area contributed by atoms with Gasteiger partial charge in [-0.3, -0.25) is 9.69 Å². The molecule has 3 amide bonds. The minimum absolute atomic E-state index is 0.153. The van der Waals surface area contributed by atoms with E-state index in [1.807, 2.05) is 57.1 Å². The summed E-state index contributed by atoms with van der Waals surface area (Å²) in [7, 11) is 3.79. The fraction of sp³-hybridized carbons (Fsp3) is 0.440. The maximum Gasteiger partial charge on any atom is 0.323 e. The lowest BCUT2D eigenvalue weighted by atomic mass is 10.1. The van der Waals surface area contributed by atoms with Crippen LogP contribution in [0.5, 0.6) is 0 Å². The van der Waals surface area contributed by atoms with Crippen LogP contribution in [0.25, 0.3) is 0 Å². The summed E-state index contributed by atoms with van der Waals surface area (Å²) in [5.74, 6) is -0.153. The number of hydrogen-bond acceptors (Lipinski definition) is 5. The number of urea groups is 1. The monoisotopic (exact) mass is 453 g/mol. The molecule has 3 rings (SSSR count). The zero-order chi connectivity index (χ0) is 23.8. The maximum atomic E-state index is 12.9. The predicted octanol–water partition coefficient (Wildman–Crippen LogP) is 3.47. The van der Waals surface area contributed by atoms with Gasteiger partial charge in [-0.05, 0) is 62.2 Å². The Hall–Kier alpha value is -3.10. The molecule has 0 atom stereocenters. The maximum absolute atomic E-state index is 12.9. The molecule has 1 aliphatic heterocycles. The first-order valence-electron chi connectivity index (χ1n) is 11.4. The highest BCUT2D eigenvalue weighted by Crippen LogP contribution is 2.24. The van der Waals surface area contributed by atoms with Crippen LogP contribution in [-0.4, -0.2) is 70.3 Å². The minimum atomic E-state index is -0.349. The summed E-state index contributed by atoms with van der Waals surface area (Å²) in [6.45, 7) is 8.93. The number of ether oxygens (including phenoxy) is 1. The molecule has 8 heteroatoms. The fourth-order valence-electron chi connectivity index (χ4n) is 3.78. The Labute approximate surface area is 196 Å². The van der Waals surface area contributed by atoms with Crippen molar-refractivity contribution in [1.29, 1.82) is 0 Å². The summed E-state index contributed by atoms with van der Waals surface area (Å²) < 4.78 is 5.37. The van der Waals surface area contributed by atoms with Gasteiger partial charge in [-0.25, -0.2) is 4.79 Å². The minimum Gasteiger partial charge on any atom is -0.379 e. The zero-order valence-corrected chi connectivity index (χ0v) is 20.0. The Morgan fingerprint density at radius 1 is 1.06 bits per heavy atom. The molecule has 1 aliphatic rings. The molecule has 0 aliphatic carbocycles.